The third-order valence-electron chi connectivity index (χ3n) is 3.60. The van der Waals surface area contributed by atoms with Gasteiger partial charge in [0.15, 0.2) is 0 Å². The Morgan fingerprint density at radius 2 is 2.10 bits per heavy atom. The van der Waals surface area contributed by atoms with Gasteiger partial charge in [-0.05, 0) is 18.1 Å². The van der Waals surface area contributed by atoms with Crippen LogP contribution in [-0.4, -0.2) is 39.9 Å². The van der Waals surface area contributed by atoms with Crippen LogP contribution in [0, 0.1) is 27.8 Å². The van der Waals surface area contributed by atoms with Crippen molar-refractivity contribution in [3.63, 3.8) is 0 Å². The highest BCUT2D eigenvalue weighted by atomic mass is 19.1. The lowest BCUT2D eigenvalue weighted by Gasteiger charge is -2.15. The van der Waals surface area contributed by atoms with Gasteiger partial charge in [0.05, 0.1) is 10.8 Å². The van der Waals surface area contributed by atoms with Crippen LogP contribution < -0.4 is 0 Å². The molecule has 2 unspecified atom stereocenters. The first-order chi connectivity index (χ1) is 9.81. The molecule has 7 nitrogen and oxygen atoms in total. The first-order valence-electron chi connectivity index (χ1n) is 6.27. The fourth-order valence-electron chi connectivity index (χ4n) is 2.46. The van der Waals surface area contributed by atoms with Crippen molar-refractivity contribution in [2.45, 2.75) is 6.92 Å². The molecule has 0 saturated carbocycles. The van der Waals surface area contributed by atoms with Crippen LogP contribution in [0.5, 0.6) is 0 Å². The maximum Gasteiger partial charge on any atom is 0.308 e. The van der Waals surface area contributed by atoms with Gasteiger partial charge in [0.2, 0.25) is 0 Å². The summed E-state index contributed by atoms with van der Waals surface area (Å²) in [6.07, 6.45) is 0. The fourth-order valence-corrected chi connectivity index (χ4v) is 2.46. The molecule has 1 N–H and O–H groups in total. The molecule has 1 fully saturated rings. The van der Waals surface area contributed by atoms with E-state index in [1.165, 1.54) is 4.90 Å². The van der Waals surface area contributed by atoms with Crippen molar-refractivity contribution in [1.29, 1.82) is 0 Å². The number of amides is 1. The summed E-state index contributed by atoms with van der Waals surface area (Å²) in [7, 11) is 0. The molecule has 2 atom stereocenters. The van der Waals surface area contributed by atoms with E-state index in [0.717, 1.165) is 18.2 Å². The largest absolute Gasteiger partial charge is 0.481 e. The van der Waals surface area contributed by atoms with E-state index < -0.39 is 34.2 Å². The van der Waals surface area contributed by atoms with Crippen LogP contribution in [-0.2, 0) is 4.79 Å². The van der Waals surface area contributed by atoms with Crippen LogP contribution in [0.25, 0.3) is 0 Å². The summed E-state index contributed by atoms with van der Waals surface area (Å²) in [5, 5.41) is 19.9. The van der Waals surface area contributed by atoms with Crippen molar-refractivity contribution in [2.24, 2.45) is 11.8 Å². The molecule has 8 heteroatoms. The van der Waals surface area contributed by atoms with Gasteiger partial charge >= 0.3 is 5.97 Å². The molecule has 0 aliphatic carbocycles. The number of carbonyl (C=O) groups excluding carboxylic acids is 1. The summed E-state index contributed by atoms with van der Waals surface area (Å²) in [5.74, 6) is -3.49. The van der Waals surface area contributed by atoms with Gasteiger partial charge in [-0.1, -0.05) is 6.92 Å². The number of carboxylic acids is 1. The summed E-state index contributed by atoms with van der Waals surface area (Å²) in [4.78, 5) is 34.7. The molecular formula is C13H13FN2O5. The molecule has 0 aromatic heterocycles. The fraction of sp³-hybridized carbons (Fsp3) is 0.385. The summed E-state index contributed by atoms with van der Waals surface area (Å²) in [6, 6.07) is 2.64. The van der Waals surface area contributed by atoms with E-state index in [0.29, 0.717) is 0 Å². The number of hydrogen-bond acceptors (Lipinski definition) is 4. The second-order valence-electron chi connectivity index (χ2n) is 5.05. The van der Waals surface area contributed by atoms with Crippen LogP contribution in [0.1, 0.15) is 17.3 Å². The number of nitro groups is 1. The molecule has 1 amide bonds. The molecule has 1 aromatic rings. The van der Waals surface area contributed by atoms with Crippen molar-refractivity contribution in [3.8, 4) is 0 Å². The summed E-state index contributed by atoms with van der Waals surface area (Å²) < 4.78 is 13.3. The average molecular weight is 296 g/mol. The molecule has 112 valence electrons. The van der Waals surface area contributed by atoms with E-state index in [-0.39, 0.29) is 24.6 Å². The third-order valence-corrected chi connectivity index (χ3v) is 3.60. The smallest absolute Gasteiger partial charge is 0.308 e. The van der Waals surface area contributed by atoms with Gasteiger partial charge in [-0.3, -0.25) is 19.7 Å². The van der Waals surface area contributed by atoms with Crippen molar-refractivity contribution in [3.05, 3.63) is 39.7 Å². The minimum absolute atomic E-state index is 0.0387. The van der Waals surface area contributed by atoms with Gasteiger partial charge in [-0.15, -0.1) is 0 Å². The van der Waals surface area contributed by atoms with Crippen molar-refractivity contribution >= 4 is 17.6 Å². The summed E-state index contributed by atoms with van der Waals surface area (Å²) in [5.41, 5.74) is -0.855. The molecule has 1 aromatic carbocycles. The number of benzene rings is 1. The topological polar surface area (TPSA) is 101 Å². The van der Waals surface area contributed by atoms with Crippen LogP contribution in [0.15, 0.2) is 18.2 Å². The summed E-state index contributed by atoms with van der Waals surface area (Å²) >= 11 is 0. The standard InChI is InChI=1S/C13H13FN2O5/c1-7-5-15(6-10(7)13(18)19)12(17)9-4-8(14)2-3-11(9)16(20)21/h2-4,7,10H,5-6H2,1H3,(H,18,19). The molecule has 1 aliphatic heterocycles. The molecule has 1 aliphatic rings. The SMILES string of the molecule is CC1CN(C(=O)c2cc(F)ccc2[N+](=O)[O-])CC1C(=O)O. The number of carbonyl (C=O) groups is 2. The number of rotatable bonds is 3. The van der Waals surface area contributed by atoms with Gasteiger partial charge in [0.25, 0.3) is 11.6 Å². The predicted molar refractivity (Wildman–Crippen MR) is 69.2 cm³/mol. The molecule has 0 radical (unpaired) electrons. The highest BCUT2D eigenvalue weighted by Gasteiger charge is 2.38. The van der Waals surface area contributed by atoms with E-state index in [1.807, 2.05) is 0 Å². The Morgan fingerprint density at radius 1 is 1.43 bits per heavy atom. The third kappa shape index (κ3) is 2.83. The molecular weight excluding hydrogens is 283 g/mol. The zero-order valence-electron chi connectivity index (χ0n) is 11.2. The molecule has 0 bridgehead atoms. The minimum Gasteiger partial charge on any atom is -0.481 e. The van der Waals surface area contributed by atoms with E-state index in [1.54, 1.807) is 6.92 Å². The number of carboxylic acid groups (broad SMARTS) is 1. The first kappa shape index (κ1) is 14.9. The Kier molecular flexibility index (Phi) is 3.88. The maximum atomic E-state index is 13.3. The van der Waals surface area contributed by atoms with Gasteiger partial charge in [0.1, 0.15) is 11.4 Å². The lowest BCUT2D eigenvalue weighted by molar-refractivity contribution is -0.385. The summed E-state index contributed by atoms with van der Waals surface area (Å²) in [6.45, 7) is 1.82. The molecule has 21 heavy (non-hydrogen) atoms. The normalized spacial score (nSPS) is 21.3. The monoisotopic (exact) mass is 296 g/mol. The van der Waals surface area contributed by atoms with E-state index >= 15 is 0 Å². The Hall–Kier alpha value is -2.51. The van der Waals surface area contributed by atoms with Crippen molar-refractivity contribution in [2.75, 3.05) is 13.1 Å². The average Bonchev–Trinajstić information content (AvgIpc) is 2.79. The number of halogens is 1. The minimum atomic E-state index is -1.02. The van der Waals surface area contributed by atoms with Crippen LogP contribution in [0.3, 0.4) is 0 Å². The van der Waals surface area contributed by atoms with Crippen molar-refractivity contribution < 1.29 is 24.0 Å². The Labute approximate surface area is 119 Å². The Bertz CT molecular complexity index is 619. The van der Waals surface area contributed by atoms with E-state index in [4.69, 9.17) is 5.11 Å². The lowest BCUT2D eigenvalue weighted by Crippen LogP contribution is -2.30. The van der Waals surface area contributed by atoms with Gasteiger partial charge in [-0.2, -0.15) is 0 Å². The number of hydrogen-bond donors (Lipinski definition) is 1. The van der Waals surface area contributed by atoms with Gasteiger partial charge in [-0.25, -0.2) is 4.39 Å². The quantitative estimate of drug-likeness (QED) is 0.673. The zero-order chi connectivity index (χ0) is 15.7. The Morgan fingerprint density at radius 3 is 2.62 bits per heavy atom. The second kappa shape index (κ2) is 5.47. The molecule has 0 spiro atoms. The first-order valence-corrected chi connectivity index (χ1v) is 6.27. The zero-order valence-corrected chi connectivity index (χ0v) is 11.2. The number of aliphatic carboxylic acids is 1. The van der Waals surface area contributed by atoms with Crippen LogP contribution in [0.4, 0.5) is 10.1 Å². The maximum absolute atomic E-state index is 13.3. The van der Waals surface area contributed by atoms with Crippen LogP contribution in [0.2, 0.25) is 0 Å². The van der Waals surface area contributed by atoms with Gasteiger partial charge in [0, 0.05) is 19.2 Å². The Balaban J connectivity index is 2.31. The predicted octanol–water partition coefficient (Wildman–Crippen LogP) is 1.53. The van der Waals surface area contributed by atoms with Gasteiger partial charge < -0.3 is 10.0 Å². The van der Waals surface area contributed by atoms with E-state index in [2.05, 4.69) is 0 Å². The highest BCUT2D eigenvalue weighted by molar-refractivity contribution is 5.98. The number of nitro benzene ring substituents is 1. The van der Waals surface area contributed by atoms with Crippen LogP contribution >= 0.6 is 0 Å². The number of nitrogens with zero attached hydrogens (tertiary/aromatic N) is 2. The van der Waals surface area contributed by atoms with Crippen molar-refractivity contribution in [1.82, 2.24) is 4.90 Å². The number of likely N-dealkylation sites (tertiary alicyclic amines) is 1. The molecule has 2 rings (SSSR count). The molecule has 1 saturated heterocycles. The lowest BCUT2D eigenvalue weighted by atomic mass is 9.99. The van der Waals surface area contributed by atoms with E-state index in [9.17, 15) is 24.1 Å². The second-order valence-corrected chi connectivity index (χ2v) is 5.05. The molecule has 1 heterocycles. The highest BCUT2D eigenvalue weighted by Crippen LogP contribution is 2.27.